The van der Waals surface area contributed by atoms with E-state index in [0.717, 1.165) is 29.0 Å². The summed E-state index contributed by atoms with van der Waals surface area (Å²) in [5, 5.41) is 4.49. The zero-order valence-electron chi connectivity index (χ0n) is 10.7. The molecule has 1 atom stereocenters. The monoisotopic (exact) mass is 253 g/mol. The summed E-state index contributed by atoms with van der Waals surface area (Å²) in [6.07, 6.45) is 7.90. The molecule has 0 unspecified atom stereocenters. The van der Waals surface area contributed by atoms with Crippen LogP contribution in [-0.2, 0) is 6.42 Å². The van der Waals surface area contributed by atoms with Gasteiger partial charge in [0.2, 0.25) is 0 Å². The van der Waals surface area contributed by atoms with Crippen LogP contribution in [0, 0.1) is 0 Å². The van der Waals surface area contributed by atoms with E-state index >= 15 is 0 Å². The van der Waals surface area contributed by atoms with Crippen LogP contribution < -0.4 is 5.32 Å². The Morgan fingerprint density at radius 1 is 1.26 bits per heavy atom. The summed E-state index contributed by atoms with van der Waals surface area (Å²) >= 11 is 0. The molecule has 0 aromatic carbocycles. The number of aromatic nitrogens is 4. The van der Waals surface area contributed by atoms with Gasteiger partial charge in [-0.1, -0.05) is 0 Å². The van der Waals surface area contributed by atoms with E-state index in [2.05, 4.69) is 38.2 Å². The first-order valence-corrected chi connectivity index (χ1v) is 6.27. The summed E-state index contributed by atoms with van der Waals surface area (Å²) in [6, 6.07) is 6.30. The number of fused-ring (bicyclic) bond motifs is 1. The molecule has 96 valence electrons. The second-order valence-corrected chi connectivity index (χ2v) is 4.56. The van der Waals surface area contributed by atoms with Crippen LogP contribution in [0.5, 0.6) is 0 Å². The van der Waals surface area contributed by atoms with Crippen LogP contribution in [0.15, 0.2) is 43.0 Å². The Morgan fingerprint density at radius 3 is 3.05 bits per heavy atom. The van der Waals surface area contributed by atoms with Crippen molar-refractivity contribution in [2.24, 2.45) is 0 Å². The summed E-state index contributed by atoms with van der Waals surface area (Å²) in [4.78, 5) is 16.0. The van der Waals surface area contributed by atoms with Gasteiger partial charge in [0.15, 0.2) is 0 Å². The molecule has 0 radical (unpaired) electrons. The van der Waals surface area contributed by atoms with E-state index in [9.17, 15) is 0 Å². The third-order valence-electron chi connectivity index (χ3n) is 2.94. The van der Waals surface area contributed by atoms with E-state index in [1.807, 2.05) is 18.3 Å². The molecule has 19 heavy (non-hydrogen) atoms. The lowest BCUT2D eigenvalue weighted by Crippen LogP contribution is -2.19. The Morgan fingerprint density at radius 2 is 2.21 bits per heavy atom. The molecule has 0 bridgehead atoms. The van der Waals surface area contributed by atoms with Crippen molar-refractivity contribution in [3.05, 3.63) is 48.7 Å². The fourth-order valence-corrected chi connectivity index (χ4v) is 2.06. The normalized spacial score (nSPS) is 12.5. The minimum Gasteiger partial charge on any atom is -0.367 e. The second-order valence-electron chi connectivity index (χ2n) is 4.56. The third-order valence-corrected chi connectivity index (χ3v) is 2.94. The molecule has 2 N–H and O–H groups in total. The van der Waals surface area contributed by atoms with Gasteiger partial charge in [0, 0.05) is 42.6 Å². The van der Waals surface area contributed by atoms with Gasteiger partial charge in [-0.05, 0) is 25.1 Å². The van der Waals surface area contributed by atoms with E-state index in [1.165, 1.54) is 0 Å². The number of pyridine rings is 1. The molecule has 0 spiro atoms. The quantitative estimate of drug-likeness (QED) is 0.749. The Balaban J connectivity index is 1.70. The van der Waals surface area contributed by atoms with Crippen molar-refractivity contribution in [3.63, 3.8) is 0 Å². The molecule has 3 aromatic rings. The topological polar surface area (TPSA) is 66.5 Å². The Bertz CT molecular complexity index is 662. The van der Waals surface area contributed by atoms with E-state index in [-0.39, 0.29) is 6.04 Å². The third kappa shape index (κ3) is 2.70. The maximum Gasteiger partial charge on any atom is 0.139 e. The molecule has 0 amide bonds. The smallest absolute Gasteiger partial charge is 0.139 e. The minimum atomic E-state index is 0.247. The first-order chi connectivity index (χ1) is 9.31. The molecule has 5 nitrogen and oxygen atoms in total. The molecule has 0 aliphatic carbocycles. The van der Waals surface area contributed by atoms with E-state index in [0.29, 0.717) is 0 Å². The van der Waals surface area contributed by atoms with Crippen molar-refractivity contribution in [1.29, 1.82) is 0 Å². The molecule has 0 saturated heterocycles. The number of hydrogen-bond donors (Lipinski definition) is 2. The highest BCUT2D eigenvalue weighted by molar-refractivity contribution is 5.77. The van der Waals surface area contributed by atoms with Gasteiger partial charge in [-0.15, -0.1) is 0 Å². The van der Waals surface area contributed by atoms with Crippen molar-refractivity contribution in [1.82, 2.24) is 19.9 Å². The van der Waals surface area contributed by atoms with Gasteiger partial charge in [-0.25, -0.2) is 4.98 Å². The molecular weight excluding hydrogens is 238 g/mol. The summed E-state index contributed by atoms with van der Waals surface area (Å²) in [6.45, 7) is 2.11. The Hall–Kier alpha value is -2.43. The van der Waals surface area contributed by atoms with Crippen LogP contribution in [0.2, 0.25) is 0 Å². The maximum atomic E-state index is 4.51. The number of H-pyrrole nitrogens is 1. The van der Waals surface area contributed by atoms with Crippen LogP contribution in [0.1, 0.15) is 12.6 Å². The fourth-order valence-electron chi connectivity index (χ4n) is 2.06. The summed E-state index contributed by atoms with van der Waals surface area (Å²) in [5.41, 5.74) is 1.88. The number of nitrogens with zero attached hydrogens (tertiary/aromatic N) is 3. The zero-order valence-corrected chi connectivity index (χ0v) is 10.7. The van der Waals surface area contributed by atoms with Crippen molar-refractivity contribution in [3.8, 4) is 0 Å². The maximum absolute atomic E-state index is 4.51. The van der Waals surface area contributed by atoms with Crippen molar-refractivity contribution >= 4 is 16.9 Å². The van der Waals surface area contributed by atoms with Crippen molar-refractivity contribution in [2.75, 3.05) is 5.32 Å². The van der Waals surface area contributed by atoms with Gasteiger partial charge < -0.3 is 10.3 Å². The van der Waals surface area contributed by atoms with Gasteiger partial charge >= 0.3 is 0 Å². The summed E-state index contributed by atoms with van der Waals surface area (Å²) in [7, 11) is 0. The highest BCUT2D eigenvalue weighted by atomic mass is 15.0. The average molecular weight is 253 g/mol. The highest BCUT2D eigenvalue weighted by Crippen LogP contribution is 2.14. The molecular formula is C14H15N5. The number of aromatic amines is 1. The summed E-state index contributed by atoms with van der Waals surface area (Å²) in [5.74, 6) is 0.867. The lowest BCUT2D eigenvalue weighted by atomic mass is 10.2. The molecule has 3 heterocycles. The molecule has 3 aromatic heterocycles. The summed E-state index contributed by atoms with van der Waals surface area (Å²) < 4.78 is 0. The van der Waals surface area contributed by atoms with Gasteiger partial charge in [0.05, 0.1) is 5.69 Å². The van der Waals surface area contributed by atoms with Crippen LogP contribution >= 0.6 is 0 Å². The van der Waals surface area contributed by atoms with Crippen LogP contribution in [0.3, 0.4) is 0 Å². The van der Waals surface area contributed by atoms with Crippen molar-refractivity contribution in [2.45, 2.75) is 19.4 Å². The first kappa shape index (κ1) is 11.6. The van der Waals surface area contributed by atoms with Crippen LogP contribution in [-0.4, -0.2) is 26.0 Å². The lowest BCUT2D eigenvalue weighted by molar-refractivity contribution is 0.761. The predicted octanol–water partition coefficient (Wildman–Crippen LogP) is 2.40. The standard InChI is InChI=1S/C14H15N5/c1-10(8-12-9-15-6-7-16-12)18-13-3-2-11-4-5-17-14(11)19-13/h2-7,9-10H,8H2,1H3,(H2,17,18,19)/t10-/m1/s1. The SMILES string of the molecule is C[C@H](Cc1cnccn1)Nc1ccc2cc[nH]c2n1. The van der Waals surface area contributed by atoms with Crippen molar-refractivity contribution < 1.29 is 0 Å². The van der Waals surface area contributed by atoms with E-state index < -0.39 is 0 Å². The van der Waals surface area contributed by atoms with E-state index in [1.54, 1.807) is 18.6 Å². The highest BCUT2D eigenvalue weighted by Gasteiger charge is 2.06. The molecule has 3 rings (SSSR count). The Kier molecular flexibility index (Phi) is 3.10. The lowest BCUT2D eigenvalue weighted by Gasteiger charge is -2.13. The molecule has 0 aliphatic heterocycles. The molecule has 5 heteroatoms. The number of rotatable bonds is 4. The average Bonchev–Trinajstić information content (AvgIpc) is 2.87. The number of hydrogen-bond acceptors (Lipinski definition) is 4. The van der Waals surface area contributed by atoms with Gasteiger partial charge in [-0.2, -0.15) is 0 Å². The second kappa shape index (κ2) is 5.06. The first-order valence-electron chi connectivity index (χ1n) is 6.27. The van der Waals surface area contributed by atoms with Crippen LogP contribution in [0.25, 0.3) is 11.0 Å². The minimum absolute atomic E-state index is 0.247. The number of nitrogens with one attached hydrogen (secondary N) is 2. The van der Waals surface area contributed by atoms with Crippen LogP contribution in [0.4, 0.5) is 5.82 Å². The largest absolute Gasteiger partial charge is 0.367 e. The predicted molar refractivity (Wildman–Crippen MR) is 74.9 cm³/mol. The molecule has 0 aliphatic rings. The fraction of sp³-hybridized carbons (Fsp3) is 0.214. The Labute approximate surface area is 111 Å². The number of anilines is 1. The molecule has 0 fully saturated rings. The molecule has 0 saturated carbocycles. The van der Waals surface area contributed by atoms with Gasteiger partial charge in [0.25, 0.3) is 0 Å². The van der Waals surface area contributed by atoms with E-state index in [4.69, 9.17) is 0 Å². The van der Waals surface area contributed by atoms with Gasteiger partial charge in [-0.3, -0.25) is 9.97 Å². The zero-order chi connectivity index (χ0) is 13.1. The van der Waals surface area contributed by atoms with Gasteiger partial charge in [0.1, 0.15) is 11.5 Å².